The lowest BCUT2D eigenvalue weighted by Crippen LogP contribution is -1.98. The molecule has 1 aromatic carbocycles. The van der Waals surface area contributed by atoms with Gasteiger partial charge in [0.15, 0.2) is 5.82 Å². The monoisotopic (exact) mass is 330 g/mol. The van der Waals surface area contributed by atoms with Gasteiger partial charge >= 0.3 is 5.97 Å². The molecule has 0 atom stereocenters. The summed E-state index contributed by atoms with van der Waals surface area (Å²) in [7, 11) is 0. The fraction of sp³-hybridized carbons (Fsp3) is 0.250. The first-order valence-electron chi connectivity index (χ1n) is 5.63. The van der Waals surface area contributed by atoms with E-state index in [1.807, 2.05) is 24.3 Å². The van der Waals surface area contributed by atoms with Crippen LogP contribution >= 0.6 is 35.1 Å². The number of aromatic nitrogens is 2. The highest BCUT2D eigenvalue weighted by Crippen LogP contribution is 2.23. The Balaban J connectivity index is 1.80. The van der Waals surface area contributed by atoms with E-state index in [4.69, 9.17) is 21.2 Å². The third-order valence-electron chi connectivity index (χ3n) is 2.14. The molecule has 0 spiro atoms. The molecule has 0 fully saturated rings. The molecule has 0 bridgehead atoms. The number of carbonyl (C=O) groups is 1. The van der Waals surface area contributed by atoms with Crippen molar-refractivity contribution >= 4 is 41.1 Å². The van der Waals surface area contributed by atoms with Crippen LogP contribution in [0.4, 0.5) is 0 Å². The van der Waals surface area contributed by atoms with Gasteiger partial charge < -0.3 is 9.63 Å². The highest BCUT2D eigenvalue weighted by atomic mass is 35.5. The largest absolute Gasteiger partial charge is 0.481 e. The molecule has 0 aliphatic carbocycles. The highest BCUT2D eigenvalue weighted by molar-refractivity contribution is 7.99. The van der Waals surface area contributed by atoms with Crippen LogP contribution in [0.5, 0.6) is 0 Å². The van der Waals surface area contributed by atoms with E-state index in [-0.39, 0.29) is 5.75 Å². The zero-order chi connectivity index (χ0) is 14.4. The van der Waals surface area contributed by atoms with E-state index in [9.17, 15) is 4.79 Å². The Morgan fingerprint density at radius 3 is 2.75 bits per heavy atom. The maximum absolute atomic E-state index is 10.4. The molecule has 0 aliphatic rings. The van der Waals surface area contributed by atoms with Gasteiger partial charge in [-0.05, 0) is 24.3 Å². The molecule has 0 saturated carbocycles. The first kappa shape index (κ1) is 15.2. The molecule has 0 amide bonds. The standard InChI is InChI=1S/C12H11ClN2O3S2/c13-8-1-3-9(4-2-8)20-5-10-14-11(18-15-10)6-19-7-12(16)17/h1-4H,5-7H2,(H,16,17). The number of benzene rings is 1. The molecule has 5 nitrogen and oxygen atoms in total. The van der Waals surface area contributed by atoms with E-state index in [1.165, 1.54) is 11.8 Å². The highest BCUT2D eigenvalue weighted by Gasteiger charge is 2.08. The Bertz CT molecular complexity index is 574. The SMILES string of the molecule is O=C(O)CSCc1nc(CSc2ccc(Cl)cc2)no1. The Kier molecular flexibility index (Phi) is 5.75. The third kappa shape index (κ3) is 5.07. The number of carboxylic acid groups (broad SMARTS) is 1. The molecule has 1 N–H and O–H groups in total. The Hall–Kier alpha value is -1.18. The molecule has 1 aromatic heterocycles. The second-order valence-electron chi connectivity index (χ2n) is 3.73. The number of rotatable bonds is 7. The summed E-state index contributed by atoms with van der Waals surface area (Å²) in [6.45, 7) is 0. The number of carboxylic acids is 1. The second kappa shape index (κ2) is 7.56. The number of aliphatic carboxylic acids is 1. The quantitative estimate of drug-likeness (QED) is 0.780. The summed E-state index contributed by atoms with van der Waals surface area (Å²) in [5.41, 5.74) is 0. The van der Waals surface area contributed by atoms with Gasteiger partial charge in [0.05, 0.1) is 17.3 Å². The van der Waals surface area contributed by atoms with Gasteiger partial charge in [-0.3, -0.25) is 4.79 Å². The Labute approximate surface area is 129 Å². The summed E-state index contributed by atoms with van der Waals surface area (Å²) in [6, 6.07) is 7.51. The first-order valence-corrected chi connectivity index (χ1v) is 8.14. The van der Waals surface area contributed by atoms with Crippen LogP contribution in [0.2, 0.25) is 5.02 Å². The van der Waals surface area contributed by atoms with Crippen LogP contribution in [-0.2, 0) is 16.3 Å². The van der Waals surface area contributed by atoms with Crippen molar-refractivity contribution in [2.45, 2.75) is 16.4 Å². The zero-order valence-corrected chi connectivity index (χ0v) is 12.7. The predicted molar refractivity (Wildman–Crippen MR) is 79.1 cm³/mol. The zero-order valence-electron chi connectivity index (χ0n) is 10.3. The molecule has 0 radical (unpaired) electrons. The van der Waals surface area contributed by atoms with Crippen molar-refractivity contribution in [2.75, 3.05) is 5.75 Å². The molecule has 20 heavy (non-hydrogen) atoms. The summed E-state index contributed by atoms with van der Waals surface area (Å²) in [5.74, 6) is 1.21. The van der Waals surface area contributed by atoms with Gasteiger partial charge in [-0.15, -0.1) is 23.5 Å². The maximum atomic E-state index is 10.4. The van der Waals surface area contributed by atoms with Gasteiger partial charge in [0.2, 0.25) is 5.89 Å². The van der Waals surface area contributed by atoms with E-state index in [1.54, 1.807) is 11.8 Å². The van der Waals surface area contributed by atoms with E-state index in [0.717, 1.165) is 4.90 Å². The lowest BCUT2D eigenvalue weighted by molar-refractivity contribution is -0.133. The first-order chi connectivity index (χ1) is 9.63. The van der Waals surface area contributed by atoms with Gasteiger partial charge in [-0.25, -0.2) is 0 Å². The van der Waals surface area contributed by atoms with Crippen molar-refractivity contribution in [1.82, 2.24) is 10.1 Å². The van der Waals surface area contributed by atoms with Crippen molar-refractivity contribution in [2.24, 2.45) is 0 Å². The lowest BCUT2D eigenvalue weighted by atomic mass is 10.4. The Morgan fingerprint density at radius 2 is 2.05 bits per heavy atom. The van der Waals surface area contributed by atoms with Gasteiger partial charge in [-0.1, -0.05) is 16.8 Å². The topological polar surface area (TPSA) is 76.2 Å². The average molecular weight is 331 g/mol. The summed E-state index contributed by atoms with van der Waals surface area (Å²) < 4.78 is 5.04. The summed E-state index contributed by atoms with van der Waals surface area (Å²) in [4.78, 5) is 15.6. The van der Waals surface area contributed by atoms with Crippen molar-refractivity contribution in [1.29, 1.82) is 0 Å². The minimum atomic E-state index is -0.854. The second-order valence-corrected chi connectivity index (χ2v) is 6.20. The van der Waals surface area contributed by atoms with E-state index in [0.29, 0.717) is 28.2 Å². The minimum absolute atomic E-state index is 0.0250. The van der Waals surface area contributed by atoms with E-state index < -0.39 is 5.97 Å². The number of thioether (sulfide) groups is 2. The molecule has 8 heteroatoms. The van der Waals surface area contributed by atoms with Gasteiger partial charge in [0.25, 0.3) is 0 Å². The minimum Gasteiger partial charge on any atom is -0.481 e. The average Bonchev–Trinajstić information content (AvgIpc) is 2.86. The molecule has 1 heterocycles. The van der Waals surface area contributed by atoms with Gasteiger partial charge in [0.1, 0.15) is 0 Å². The van der Waals surface area contributed by atoms with Crippen LogP contribution in [0.1, 0.15) is 11.7 Å². The number of halogens is 1. The van der Waals surface area contributed by atoms with E-state index >= 15 is 0 Å². The summed E-state index contributed by atoms with van der Waals surface area (Å²) in [6.07, 6.45) is 0. The smallest absolute Gasteiger partial charge is 0.313 e. The number of hydrogen-bond acceptors (Lipinski definition) is 6. The molecule has 106 valence electrons. The molecular formula is C12H11ClN2O3S2. The van der Waals surface area contributed by atoms with E-state index in [2.05, 4.69) is 10.1 Å². The normalized spacial score (nSPS) is 10.7. The van der Waals surface area contributed by atoms with Crippen molar-refractivity contribution < 1.29 is 14.4 Å². The molecule has 0 saturated heterocycles. The van der Waals surface area contributed by atoms with Crippen LogP contribution in [0, 0.1) is 0 Å². The van der Waals surface area contributed by atoms with Crippen molar-refractivity contribution in [3.8, 4) is 0 Å². The number of hydrogen-bond donors (Lipinski definition) is 1. The molecule has 2 rings (SSSR count). The molecule has 0 aliphatic heterocycles. The number of nitrogens with zero attached hydrogens (tertiary/aromatic N) is 2. The van der Waals surface area contributed by atoms with Crippen molar-refractivity contribution in [3.63, 3.8) is 0 Å². The van der Waals surface area contributed by atoms with Gasteiger partial charge in [-0.2, -0.15) is 4.98 Å². The summed E-state index contributed by atoms with van der Waals surface area (Å²) >= 11 is 8.62. The molecular weight excluding hydrogens is 320 g/mol. The van der Waals surface area contributed by atoms with Crippen molar-refractivity contribution in [3.05, 3.63) is 41.0 Å². The molecule has 0 unspecified atom stereocenters. The Morgan fingerprint density at radius 1 is 1.30 bits per heavy atom. The van der Waals surface area contributed by atoms with Crippen LogP contribution < -0.4 is 0 Å². The predicted octanol–water partition coefficient (Wildman–Crippen LogP) is 3.33. The van der Waals surface area contributed by atoms with Crippen LogP contribution in [0.3, 0.4) is 0 Å². The summed E-state index contributed by atoms with van der Waals surface area (Å²) in [5, 5.41) is 13.1. The van der Waals surface area contributed by atoms with Crippen LogP contribution in [0.25, 0.3) is 0 Å². The fourth-order valence-corrected chi connectivity index (χ4v) is 2.75. The van der Waals surface area contributed by atoms with Crippen LogP contribution in [0.15, 0.2) is 33.7 Å². The lowest BCUT2D eigenvalue weighted by Gasteiger charge is -1.97. The fourth-order valence-electron chi connectivity index (χ4n) is 1.31. The third-order valence-corrected chi connectivity index (χ3v) is 4.30. The molecule has 2 aromatic rings. The van der Waals surface area contributed by atoms with Gasteiger partial charge in [0, 0.05) is 9.92 Å². The maximum Gasteiger partial charge on any atom is 0.313 e. The van der Waals surface area contributed by atoms with Crippen LogP contribution in [-0.4, -0.2) is 27.0 Å².